The van der Waals surface area contributed by atoms with Gasteiger partial charge in [0.05, 0.1) is 24.5 Å². The van der Waals surface area contributed by atoms with Gasteiger partial charge in [0.1, 0.15) is 18.2 Å². The molecule has 13 heteroatoms. The van der Waals surface area contributed by atoms with Crippen molar-refractivity contribution in [3.8, 4) is 34.4 Å². The normalized spacial score (nSPS) is 10.9. The van der Waals surface area contributed by atoms with Crippen LogP contribution in [0.25, 0.3) is 16.6 Å². The summed E-state index contributed by atoms with van der Waals surface area (Å²) in [5.41, 5.74) is -0.0672. The smallest absolute Gasteiger partial charge is 0.417 e. The minimum atomic E-state index is -1.12. The lowest BCUT2D eigenvalue weighted by atomic mass is 10.1. The molecule has 0 unspecified atom stereocenters. The highest BCUT2D eigenvalue weighted by molar-refractivity contribution is 5.89. The maximum atomic E-state index is 15.3. The first-order chi connectivity index (χ1) is 23.7. The van der Waals surface area contributed by atoms with Crippen LogP contribution in [0.15, 0.2) is 113 Å². The first-order valence-corrected chi connectivity index (χ1v) is 15.0. The number of hydrogen-bond acceptors (Lipinski definition) is 8. The summed E-state index contributed by atoms with van der Waals surface area (Å²) in [7, 11) is 1.51. The van der Waals surface area contributed by atoms with Gasteiger partial charge >= 0.3 is 17.3 Å². The van der Waals surface area contributed by atoms with E-state index in [-0.39, 0.29) is 23.7 Å². The Labute approximate surface area is 277 Å². The summed E-state index contributed by atoms with van der Waals surface area (Å²) in [4.78, 5) is 43.1. The van der Waals surface area contributed by atoms with E-state index < -0.39 is 34.7 Å². The summed E-state index contributed by atoms with van der Waals surface area (Å²) in [6, 6.07) is 23.0. The van der Waals surface area contributed by atoms with Gasteiger partial charge in [0.25, 0.3) is 0 Å². The van der Waals surface area contributed by atoms with Crippen LogP contribution in [-0.2, 0) is 13.2 Å². The van der Waals surface area contributed by atoms with E-state index in [1.807, 2.05) is 30.3 Å². The number of nitrogens with one attached hydrogen (secondary N) is 1. The molecule has 6 aromatic rings. The van der Waals surface area contributed by atoms with Crippen molar-refractivity contribution in [1.29, 1.82) is 0 Å². The number of fused-ring (bicyclic) bond motifs is 1. The van der Waals surface area contributed by atoms with E-state index in [9.17, 15) is 18.8 Å². The van der Waals surface area contributed by atoms with Gasteiger partial charge in [-0.25, -0.2) is 22.9 Å². The number of nitrogens with zero attached hydrogens (tertiary/aromatic N) is 3. The van der Waals surface area contributed by atoms with Crippen molar-refractivity contribution in [3.63, 3.8) is 0 Å². The van der Waals surface area contributed by atoms with Gasteiger partial charge in [-0.3, -0.25) is 19.7 Å². The van der Waals surface area contributed by atoms with Crippen LogP contribution >= 0.6 is 0 Å². The molecule has 0 spiro atoms. The van der Waals surface area contributed by atoms with Crippen molar-refractivity contribution in [1.82, 2.24) is 14.1 Å². The number of amides is 1. The van der Waals surface area contributed by atoms with Crippen LogP contribution in [-0.4, -0.2) is 27.3 Å². The van der Waals surface area contributed by atoms with Crippen LogP contribution < -0.4 is 35.5 Å². The first-order valence-electron chi connectivity index (χ1n) is 15.0. The molecule has 2 aromatic heterocycles. The molecule has 248 valence electrons. The predicted molar refractivity (Wildman–Crippen MR) is 177 cm³/mol. The van der Waals surface area contributed by atoms with Gasteiger partial charge in [0.2, 0.25) is 5.75 Å². The summed E-state index contributed by atoms with van der Waals surface area (Å²) < 4.78 is 53.3. The van der Waals surface area contributed by atoms with Crippen molar-refractivity contribution in [2.75, 3.05) is 12.4 Å². The SMILES string of the molecule is CCn1cc(OC(=O)Nc2ccc(Oc3ccnc4cc(OCc5ccccc5)c(OC)cc34)c(F)c2)c(=O)n(-c2ccc(F)cc2)c1=O. The highest BCUT2D eigenvalue weighted by atomic mass is 19.1. The fourth-order valence-corrected chi connectivity index (χ4v) is 4.94. The van der Waals surface area contributed by atoms with Gasteiger partial charge < -0.3 is 18.9 Å². The van der Waals surface area contributed by atoms with Gasteiger partial charge in [-0.2, -0.15) is 0 Å². The van der Waals surface area contributed by atoms with E-state index in [4.69, 9.17) is 18.9 Å². The monoisotopic (exact) mass is 666 g/mol. The highest BCUT2D eigenvalue weighted by Gasteiger charge is 2.18. The van der Waals surface area contributed by atoms with Crippen molar-refractivity contribution >= 4 is 22.7 Å². The Morgan fingerprint density at radius 2 is 1.63 bits per heavy atom. The molecule has 0 aliphatic rings. The molecular weight excluding hydrogens is 638 g/mol. The van der Waals surface area contributed by atoms with Crippen LogP contribution in [0, 0.1) is 11.6 Å². The minimum absolute atomic E-state index is 0.000939. The van der Waals surface area contributed by atoms with Crippen molar-refractivity contribution < 1.29 is 32.5 Å². The number of halogens is 2. The fourth-order valence-electron chi connectivity index (χ4n) is 4.94. The van der Waals surface area contributed by atoms with Gasteiger partial charge in [-0.1, -0.05) is 30.3 Å². The molecule has 0 bridgehead atoms. The molecule has 4 aromatic carbocycles. The number of pyridine rings is 1. The van der Waals surface area contributed by atoms with Crippen LogP contribution in [0.2, 0.25) is 0 Å². The molecule has 1 amide bonds. The Bertz CT molecular complexity index is 2270. The molecule has 11 nitrogen and oxygen atoms in total. The van der Waals surface area contributed by atoms with Crippen molar-refractivity contribution in [2.45, 2.75) is 20.1 Å². The number of aromatic nitrogens is 3. The molecule has 0 aliphatic heterocycles. The fraction of sp³-hybridized carbons (Fsp3) is 0.111. The summed E-state index contributed by atoms with van der Waals surface area (Å²) >= 11 is 0. The van der Waals surface area contributed by atoms with Gasteiger partial charge in [-0.15, -0.1) is 0 Å². The number of anilines is 1. The molecule has 0 radical (unpaired) electrons. The topological polar surface area (TPSA) is 123 Å². The second-order valence-corrected chi connectivity index (χ2v) is 10.5. The van der Waals surface area contributed by atoms with E-state index in [0.717, 1.165) is 39.1 Å². The van der Waals surface area contributed by atoms with E-state index in [0.29, 0.717) is 34.8 Å². The zero-order valence-electron chi connectivity index (χ0n) is 26.2. The lowest BCUT2D eigenvalue weighted by Crippen LogP contribution is -2.39. The van der Waals surface area contributed by atoms with Gasteiger partial charge in [-0.05, 0) is 61.0 Å². The van der Waals surface area contributed by atoms with Gasteiger partial charge in [0.15, 0.2) is 23.1 Å². The van der Waals surface area contributed by atoms with Crippen LogP contribution in [0.3, 0.4) is 0 Å². The molecule has 0 fully saturated rings. The second kappa shape index (κ2) is 14.1. The predicted octanol–water partition coefficient (Wildman–Crippen LogP) is 6.84. The molecular formula is C36H28F2N4O7. The number of hydrogen-bond donors (Lipinski definition) is 1. The molecule has 0 saturated carbocycles. The molecule has 6 rings (SSSR count). The van der Waals surface area contributed by atoms with E-state index in [1.165, 1.54) is 37.6 Å². The molecule has 49 heavy (non-hydrogen) atoms. The second-order valence-electron chi connectivity index (χ2n) is 10.5. The number of aryl methyl sites for hydroxylation is 1. The third-order valence-corrected chi connectivity index (χ3v) is 7.37. The Morgan fingerprint density at radius 3 is 2.35 bits per heavy atom. The highest BCUT2D eigenvalue weighted by Crippen LogP contribution is 2.38. The molecule has 0 atom stereocenters. The minimum Gasteiger partial charge on any atom is -0.493 e. The molecule has 0 aliphatic carbocycles. The van der Waals surface area contributed by atoms with Crippen LogP contribution in [0.4, 0.5) is 19.3 Å². The lowest BCUT2D eigenvalue weighted by molar-refractivity contribution is 0.213. The van der Waals surface area contributed by atoms with E-state index in [1.54, 1.807) is 25.1 Å². The average molecular weight is 667 g/mol. The number of ether oxygens (including phenoxy) is 4. The molecule has 0 saturated heterocycles. The van der Waals surface area contributed by atoms with E-state index >= 15 is 4.39 Å². The lowest BCUT2D eigenvalue weighted by Gasteiger charge is -2.15. The summed E-state index contributed by atoms with van der Waals surface area (Å²) in [6.07, 6.45) is 1.49. The number of benzene rings is 4. The summed E-state index contributed by atoms with van der Waals surface area (Å²) in [6.45, 7) is 2.12. The maximum Gasteiger partial charge on any atom is 0.417 e. The Balaban J connectivity index is 1.19. The number of methoxy groups -OCH3 is 1. The van der Waals surface area contributed by atoms with Crippen molar-refractivity contribution in [3.05, 3.63) is 141 Å². The van der Waals surface area contributed by atoms with Gasteiger partial charge in [0, 0.05) is 35.9 Å². The van der Waals surface area contributed by atoms with E-state index in [2.05, 4.69) is 10.3 Å². The third-order valence-electron chi connectivity index (χ3n) is 7.37. The number of carbonyl (C=O) groups excluding carboxylic acids is 1. The zero-order chi connectivity index (χ0) is 34.5. The molecule has 1 N–H and O–H groups in total. The number of carbonyl (C=O) groups is 1. The summed E-state index contributed by atoms with van der Waals surface area (Å²) in [5.74, 6) is -0.796. The largest absolute Gasteiger partial charge is 0.493 e. The maximum absolute atomic E-state index is 15.3. The zero-order valence-corrected chi connectivity index (χ0v) is 26.2. The average Bonchev–Trinajstić information content (AvgIpc) is 3.10. The molecule has 2 heterocycles. The van der Waals surface area contributed by atoms with Crippen LogP contribution in [0.1, 0.15) is 12.5 Å². The first kappa shape index (κ1) is 32.4. The standard InChI is InChI=1S/C36H28F2N4O7/c1-3-41-20-33(34(43)42(36(41)45)25-12-9-23(37)10-13-25)49-35(44)40-24-11-14-30(27(38)17-24)48-29-15-16-39-28-19-32(31(46-2)18-26(28)29)47-21-22-7-5-4-6-8-22/h4-20H,3,21H2,1-2H3,(H,40,44). The number of rotatable bonds is 10. The quantitative estimate of drug-likeness (QED) is 0.169. The Hall–Kier alpha value is -6.50. The Kier molecular flexibility index (Phi) is 9.33. The Morgan fingerprint density at radius 1 is 0.857 bits per heavy atom. The third kappa shape index (κ3) is 7.10. The summed E-state index contributed by atoms with van der Waals surface area (Å²) in [5, 5.41) is 2.90. The van der Waals surface area contributed by atoms with Crippen molar-refractivity contribution in [2.24, 2.45) is 0 Å². The van der Waals surface area contributed by atoms with Crippen LogP contribution in [0.5, 0.6) is 28.7 Å².